The average molecular weight is 764 g/mol. The third-order valence-electron chi connectivity index (χ3n) is 10.4. The van der Waals surface area contributed by atoms with Crippen LogP contribution >= 0.6 is 0 Å². The first-order valence-corrected chi connectivity index (χ1v) is 20.0. The molecule has 2 heterocycles. The molecule has 2 saturated heterocycles. The van der Waals surface area contributed by atoms with Gasteiger partial charge in [-0.3, -0.25) is 28.8 Å². The molecule has 0 spiro atoms. The van der Waals surface area contributed by atoms with E-state index < -0.39 is 83.7 Å². The summed E-state index contributed by atoms with van der Waals surface area (Å²) in [5.41, 5.74) is 6.23. The first-order valence-electron chi connectivity index (χ1n) is 20.0. The van der Waals surface area contributed by atoms with Gasteiger partial charge in [-0.2, -0.15) is 0 Å². The van der Waals surface area contributed by atoms with E-state index in [1.807, 2.05) is 55.4 Å². The van der Waals surface area contributed by atoms with Gasteiger partial charge in [0.25, 0.3) is 0 Å². The number of carbonyl (C=O) groups excluding carboxylic acids is 6. The molecule has 2 rings (SSSR count). The highest BCUT2D eigenvalue weighted by Gasteiger charge is 2.41. The minimum absolute atomic E-state index is 0.00215. The van der Waals surface area contributed by atoms with Crippen LogP contribution in [0.15, 0.2) is 0 Å². The van der Waals surface area contributed by atoms with Crippen molar-refractivity contribution in [1.82, 2.24) is 31.1 Å². The van der Waals surface area contributed by atoms with E-state index in [1.54, 1.807) is 13.8 Å². The molecule has 6 amide bonds. The number of hydrogen-bond acceptors (Lipinski definition) is 8. The summed E-state index contributed by atoms with van der Waals surface area (Å²) < 4.78 is 0. The molecule has 0 unspecified atom stereocenters. The Morgan fingerprint density at radius 3 is 1.52 bits per heavy atom. The van der Waals surface area contributed by atoms with Crippen molar-refractivity contribution in [2.75, 3.05) is 13.1 Å². The fourth-order valence-electron chi connectivity index (χ4n) is 7.17. The first-order chi connectivity index (χ1) is 25.2. The van der Waals surface area contributed by atoms with Gasteiger partial charge in [-0.25, -0.2) is 4.79 Å². The molecule has 0 bridgehead atoms. The van der Waals surface area contributed by atoms with Crippen LogP contribution in [0.1, 0.15) is 121 Å². The number of nitrogens with zero attached hydrogens (tertiary/aromatic N) is 2. The lowest BCUT2D eigenvalue weighted by molar-refractivity contribution is -0.145. The molecule has 0 aromatic rings. The van der Waals surface area contributed by atoms with E-state index in [9.17, 15) is 38.7 Å². The third kappa shape index (κ3) is 13.2. The maximum Gasteiger partial charge on any atom is 0.326 e. The number of carboxylic acid groups (broad SMARTS) is 1. The van der Waals surface area contributed by atoms with Gasteiger partial charge in [-0.05, 0) is 74.5 Å². The van der Waals surface area contributed by atoms with E-state index in [1.165, 1.54) is 9.80 Å². The zero-order chi connectivity index (χ0) is 41.0. The van der Waals surface area contributed by atoms with Crippen molar-refractivity contribution in [2.45, 2.75) is 163 Å². The van der Waals surface area contributed by atoms with Crippen molar-refractivity contribution >= 4 is 41.4 Å². The Hall–Kier alpha value is -3.75. The molecule has 7 N–H and O–H groups in total. The van der Waals surface area contributed by atoms with Crippen LogP contribution in [0.5, 0.6) is 0 Å². The molecule has 2 aliphatic rings. The van der Waals surface area contributed by atoms with Crippen molar-refractivity contribution < 1.29 is 38.7 Å². The molecule has 0 aromatic carbocycles. The zero-order valence-electron chi connectivity index (χ0n) is 34.3. The molecular formula is C39H69N7O8. The third-order valence-corrected chi connectivity index (χ3v) is 10.4. The number of hydrogen-bond donors (Lipinski definition) is 6. The van der Waals surface area contributed by atoms with Crippen LogP contribution in [-0.2, 0) is 33.6 Å². The lowest BCUT2D eigenvalue weighted by Gasteiger charge is -2.32. The summed E-state index contributed by atoms with van der Waals surface area (Å²) in [6.07, 6.45) is 3.48. The van der Waals surface area contributed by atoms with Gasteiger partial charge in [0.1, 0.15) is 36.3 Å². The number of carbonyl (C=O) groups is 7. The number of carboxylic acids is 1. The first kappa shape index (κ1) is 46.4. The number of aliphatic carboxylic acids is 1. The second-order valence-electron chi connectivity index (χ2n) is 16.9. The summed E-state index contributed by atoms with van der Waals surface area (Å²) in [5.74, 6) is -4.47. The van der Waals surface area contributed by atoms with E-state index >= 15 is 0 Å². The van der Waals surface area contributed by atoms with Gasteiger partial charge >= 0.3 is 5.97 Å². The van der Waals surface area contributed by atoms with Crippen molar-refractivity contribution in [3.8, 4) is 0 Å². The quantitative estimate of drug-likeness (QED) is 0.107. The maximum absolute atomic E-state index is 14.0. The topological polar surface area (TPSA) is 220 Å². The Bertz CT molecular complexity index is 1320. The zero-order valence-corrected chi connectivity index (χ0v) is 34.3. The van der Waals surface area contributed by atoms with Gasteiger partial charge in [0.15, 0.2) is 0 Å². The number of likely N-dealkylation sites (tertiary alicyclic amines) is 2. The minimum atomic E-state index is -1.15. The number of rotatable bonds is 20. The normalized spacial score (nSPS) is 20.7. The number of nitrogens with two attached hydrogens (primary N) is 1. The van der Waals surface area contributed by atoms with Gasteiger partial charge in [0, 0.05) is 13.1 Å². The second kappa shape index (κ2) is 21.4. The molecule has 0 radical (unpaired) electrons. The Morgan fingerprint density at radius 2 is 1.07 bits per heavy atom. The molecule has 0 aliphatic carbocycles. The Morgan fingerprint density at radius 1 is 0.630 bits per heavy atom. The van der Waals surface area contributed by atoms with E-state index in [2.05, 4.69) is 21.3 Å². The van der Waals surface area contributed by atoms with Crippen LogP contribution in [0.2, 0.25) is 0 Å². The summed E-state index contributed by atoms with van der Waals surface area (Å²) in [6.45, 7) is 19.4. The molecule has 0 aromatic heterocycles. The highest BCUT2D eigenvalue weighted by molar-refractivity contribution is 5.97. The van der Waals surface area contributed by atoms with Crippen LogP contribution in [-0.4, -0.2) is 112 Å². The van der Waals surface area contributed by atoms with Crippen LogP contribution in [0.4, 0.5) is 0 Å². The van der Waals surface area contributed by atoms with Crippen molar-refractivity contribution in [3.63, 3.8) is 0 Å². The van der Waals surface area contributed by atoms with Crippen molar-refractivity contribution in [3.05, 3.63) is 0 Å². The number of nitrogens with one attached hydrogen (secondary N) is 4. The smallest absolute Gasteiger partial charge is 0.326 e. The molecule has 15 heteroatoms. The van der Waals surface area contributed by atoms with E-state index in [-0.39, 0.29) is 55.4 Å². The Balaban J connectivity index is 2.24. The van der Waals surface area contributed by atoms with Crippen LogP contribution in [0, 0.1) is 29.6 Å². The predicted octanol–water partition coefficient (Wildman–Crippen LogP) is 2.16. The molecule has 2 fully saturated rings. The molecule has 15 nitrogen and oxygen atoms in total. The largest absolute Gasteiger partial charge is 0.480 e. The van der Waals surface area contributed by atoms with Gasteiger partial charge < -0.3 is 41.9 Å². The molecule has 8 atom stereocenters. The highest BCUT2D eigenvalue weighted by atomic mass is 16.4. The lowest BCUT2D eigenvalue weighted by atomic mass is 9.97. The molecule has 0 saturated carbocycles. The molecule has 54 heavy (non-hydrogen) atoms. The lowest BCUT2D eigenvalue weighted by Crippen LogP contribution is -2.60. The highest BCUT2D eigenvalue weighted by Crippen LogP contribution is 2.23. The number of amides is 6. The van der Waals surface area contributed by atoms with Crippen molar-refractivity contribution in [2.24, 2.45) is 35.3 Å². The van der Waals surface area contributed by atoms with Crippen molar-refractivity contribution in [1.29, 1.82) is 0 Å². The van der Waals surface area contributed by atoms with Gasteiger partial charge in [-0.15, -0.1) is 0 Å². The summed E-state index contributed by atoms with van der Waals surface area (Å²) in [7, 11) is 0. The summed E-state index contributed by atoms with van der Waals surface area (Å²) in [4.78, 5) is 96.7. The van der Waals surface area contributed by atoms with E-state index in [0.29, 0.717) is 38.6 Å². The van der Waals surface area contributed by atoms with Crippen LogP contribution < -0.4 is 27.0 Å². The minimum Gasteiger partial charge on any atom is -0.480 e. The maximum atomic E-state index is 14.0. The standard InChI is InChI=1S/C39H69N7O8/c1-11-25(10)31(40)38(52)46-17-13-15-30(46)34(48)41-26(18-21(2)3)33(47)44-32(24(8)9)36(50)42-27(19-22(4)5)37(51)45-16-12-14-29(45)35(49)43-28(39(53)54)20-23(6)7/h21-32H,11-20,40H2,1-10H3,(H,41,48)(H,42,50)(H,43,49)(H,44,47)(H,53,54)/t25-,26-,27-,28-,29-,30-,31-,32-/m0/s1. The summed E-state index contributed by atoms with van der Waals surface area (Å²) >= 11 is 0. The summed E-state index contributed by atoms with van der Waals surface area (Å²) in [5, 5.41) is 20.8. The van der Waals surface area contributed by atoms with Gasteiger partial charge in [-0.1, -0.05) is 75.7 Å². The Kier molecular flexibility index (Phi) is 18.4. The van der Waals surface area contributed by atoms with Crippen LogP contribution in [0.25, 0.3) is 0 Å². The molecular weight excluding hydrogens is 694 g/mol. The molecule has 2 aliphatic heterocycles. The molecule has 308 valence electrons. The van der Waals surface area contributed by atoms with E-state index in [0.717, 1.165) is 0 Å². The van der Waals surface area contributed by atoms with Gasteiger partial charge in [0.05, 0.1) is 6.04 Å². The van der Waals surface area contributed by atoms with Crippen LogP contribution in [0.3, 0.4) is 0 Å². The monoisotopic (exact) mass is 764 g/mol. The van der Waals surface area contributed by atoms with Gasteiger partial charge in [0.2, 0.25) is 35.4 Å². The fraction of sp³-hybridized carbons (Fsp3) is 0.821. The second-order valence-corrected chi connectivity index (χ2v) is 16.9. The fourth-order valence-corrected chi connectivity index (χ4v) is 7.17. The summed E-state index contributed by atoms with van der Waals surface area (Å²) in [6, 6.07) is -6.52. The Labute approximate surface area is 322 Å². The van der Waals surface area contributed by atoms with E-state index in [4.69, 9.17) is 5.73 Å². The predicted molar refractivity (Wildman–Crippen MR) is 205 cm³/mol. The SMILES string of the molecule is CC[C@H](C)[C@H](N)C(=O)N1CCC[C@H]1C(=O)N[C@@H](CC(C)C)C(=O)N[C@H](C(=O)N[C@@H](CC(C)C)C(=O)N1CCC[C@H]1C(=O)N[C@@H](CC(C)C)C(=O)O)C(C)C. The average Bonchev–Trinajstić information content (AvgIpc) is 3.78.